The summed E-state index contributed by atoms with van der Waals surface area (Å²) in [6, 6.07) is 0. The molecule has 0 spiro atoms. The van der Waals surface area contributed by atoms with Crippen molar-refractivity contribution in [3.8, 4) is 0 Å². The maximum Gasteiger partial charge on any atom is 0.221 e. The Kier molecular flexibility index (Phi) is 5.51. The van der Waals surface area contributed by atoms with Crippen molar-refractivity contribution in [2.75, 3.05) is 0 Å². The van der Waals surface area contributed by atoms with E-state index in [2.05, 4.69) is 0 Å². The number of alkyl halides is 1. The minimum atomic E-state index is -2.97. The van der Waals surface area contributed by atoms with Crippen LogP contribution in [0.4, 0.5) is 26.3 Å². The lowest BCUT2D eigenvalue weighted by atomic mass is 10.00. The number of halogens is 6. The molecule has 0 amide bonds. The van der Waals surface area contributed by atoms with E-state index in [1.807, 2.05) is 0 Å². The summed E-state index contributed by atoms with van der Waals surface area (Å²) in [5, 5.41) is 0. The lowest BCUT2D eigenvalue weighted by molar-refractivity contribution is -0.122. The maximum absolute atomic E-state index is 13.6. The van der Waals surface area contributed by atoms with Crippen LogP contribution in [-0.4, -0.2) is 17.7 Å². The molecule has 0 saturated carbocycles. The molecule has 0 heterocycles. The van der Waals surface area contributed by atoms with Crippen LogP contribution < -0.4 is 0 Å². The van der Waals surface area contributed by atoms with Gasteiger partial charge in [-0.2, -0.15) is 0 Å². The largest absolute Gasteiger partial charge is 0.296 e. The number of hydrogen-bond acceptors (Lipinski definition) is 2. The SMILES string of the molecule is CCCCC(=O)C(F)C(=O)c1c(F)c(F)c(F)c(F)c1F. The minimum absolute atomic E-state index is 0.226. The fraction of sp³-hybridized carbons (Fsp3) is 0.385. The zero-order valence-electron chi connectivity index (χ0n) is 10.8. The predicted octanol–water partition coefficient (Wildman–Crippen LogP) is 3.66. The number of carbonyl (C=O) groups is 2. The van der Waals surface area contributed by atoms with Crippen molar-refractivity contribution in [1.82, 2.24) is 0 Å². The molecule has 1 aromatic carbocycles. The Morgan fingerprint density at radius 3 is 1.76 bits per heavy atom. The number of Topliss-reactive ketones (excluding diaryl/α,β-unsaturated/α-hetero) is 2. The number of ketones is 2. The number of benzene rings is 1. The quantitative estimate of drug-likeness (QED) is 0.264. The van der Waals surface area contributed by atoms with Crippen molar-refractivity contribution in [3.63, 3.8) is 0 Å². The normalized spacial score (nSPS) is 12.3. The average Bonchev–Trinajstić information content (AvgIpc) is 2.47. The van der Waals surface area contributed by atoms with Crippen molar-refractivity contribution in [1.29, 1.82) is 0 Å². The second kappa shape index (κ2) is 6.73. The standard InChI is InChI=1S/C13H10F6O2/c1-2-3-4-5(20)7(14)13(21)6-8(15)10(17)12(19)11(18)9(6)16/h7H,2-4H2,1H3. The Hall–Kier alpha value is -1.86. The fourth-order valence-electron chi connectivity index (χ4n) is 1.57. The summed E-state index contributed by atoms with van der Waals surface area (Å²) in [4.78, 5) is 22.7. The molecule has 0 aliphatic rings. The van der Waals surface area contributed by atoms with Crippen LogP contribution in [0.3, 0.4) is 0 Å². The molecule has 0 aliphatic heterocycles. The van der Waals surface area contributed by atoms with Gasteiger partial charge in [-0.3, -0.25) is 9.59 Å². The van der Waals surface area contributed by atoms with Crippen molar-refractivity contribution in [2.45, 2.75) is 32.4 Å². The molecule has 1 atom stereocenters. The highest BCUT2D eigenvalue weighted by Crippen LogP contribution is 2.25. The lowest BCUT2D eigenvalue weighted by Crippen LogP contribution is -2.28. The molecule has 0 aromatic heterocycles. The first-order valence-electron chi connectivity index (χ1n) is 5.96. The third-order valence-electron chi connectivity index (χ3n) is 2.75. The highest BCUT2D eigenvalue weighted by atomic mass is 19.2. The summed E-state index contributed by atoms with van der Waals surface area (Å²) in [7, 11) is 0. The van der Waals surface area contributed by atoms with E-state index < -0.39 is 52.4 Å². The average molecular weight is 312 g/mol. The Morgan fingerprint density at radius 2 is 1.33 bits per heavy atom. The van der Waals surface area contributed by atoms with Crippen LogP contribution in [0, 0.1) is 29.1 Å². The van der Waals surface area contributed by atoms with Gasteiger partial charge < -0.3 is 0 Å². The van der Waals surface area contributed by atoms with Gasteiger partial charge in [0.05, 0.1) is 5.56 Å². The lowest BCUT2D eigenvalue weighted by Gasteiger charge is -2.10. The molecule has 116 valence electrons. The molecular weight excluding hydrogens is 302 g/mol. The van der Waals surface area contributed by atoms with Crippen molar-refractivity contribution >= 4 is 11.6 Å². The molecule has 0 aliphatic carbocycles. The molecule has 2 nitrogen and oxygen atoms in total. The van der Waals surface area contributed by atoms with Gasteiger partial charge in [0.2, 0.25) is 17.8 Å². The van der Waals surface area contributed by atoms with Crippen molar-refractivity contribution in [2.24, 2.45) is 0 Å². The Labute approximate surface area is 115 Å². The molecule has 1 aromatic rings. The number of rotatable bonds is 6. The van der Waals surface area contributed by atoms with Crippen LogP contribution in [0.2, 0.25) is 0 Å². The Bertz CT molecular complexity index is 556. The summed E-state index contributed by atoms with van der Waals surface area (Å²) in [5.74, 6) is -15.5. The van der Waals surface area contributed by atoms with Gasteiger partial charge in [0.25, 0.3) is 0 Å². The predicted molar refractivity (Wildman–Crippen MR) is 60.0 cm³/mol. The van der Waals surface area contributed by atoms with Crippen LogP contribution in [0.15, 0.2) is 0 Å². The van der Waals surface area contributed by atoms with E-state index >= 15 is 0 Å². The van der Waals surface area contributed by atoms with Gasteiger partial charge in [-0.05, 0) is 6.42 Å². The molecule has 0 fully saturated rings. The number of carbonyl (C=O) groups excluding carboxylic acids is 2. The van der Waals surface area contributed by atoms with Crippen LogP contribution in [0.5, 0.6) is 0 Å². The molecule has 0 N–H and O–H groups in total. The second-order valence-electron chi connectivity index (χ2n) is 4.24. The van der Waals surface area contributed by atoms with E-state index in [1.54, 1.807) is 6.92 Å². The molecule has 0 radical (unpaired) electrons. The van der Waals surface area contributed by atoms with E-state index in [0.29, 0.717) is 6.42 Å². The summed E-state index contributed by atoms with van der Waals surface area (Å²) in [6.07, 6.45) is -2.62. The zero-order chi connectivity index (χ0) is 16.3. The van der Waals surface area contributed by atoms with E-state index in [-0.39, 0.29) is 12.8 Å². The smallest absolute Gasteiger partial charge is 0.221 e. The van der Waals surface area contributed by atoms with E-state index in [0.717, 1.165) is 0 Å². The highest BCUT2D eigenvalue weighted by molar-refractivity contribution is 6.13. The van der Waals surface area contributed by atoms with Gasteiger partial charge in [0.1, 0.15) is 0 Å². The van der Waals surface area contributed by atoms with E-state index in [4.69, 9.17) is 0 Å². The molecule has 21 heavy (non-hydrogen) atoms. The third-order valence-corrected chi connectivity index (χ3v) is 2.75. The minimum Gasteiger partial charge on any atom is -0.296 e. The summed E-state index contributed by atoms with van der Waals surface area (Å²) in [5.41, 5.74) is -1.94. The van der Waals surface area contributed by atoms with Crippen molar-refractivity contribution in [3.05, 3.63) is 34.6 Å². The molecular formula is C13H10F6O2. The maximum atomic E-state index is 13.6. The van der Waals surface area contributed by atoms with Crippen LogP contribution in [-0.2, 0) is 4.79 Å². The molecule has 0 bridgehead atoms. The number of unbranched alkanes of at least 4 members (excludes halogenated alkanes) is 1. The van der Waals surface area contributed by atoms with Crippen LogP contribution >= 0.6 is 0 Å². The van der Waals surface area contributed by atoms with Gasteiger partial charge >= 0.3 is 0 Å². The Morgan fingerprint density at radius 1 is 0.905 bits per heavy atom. The summed E-state index contributed by atoms with van der Waals surface area (Å²) in [6.45, 7) is 1.67. The number of hydrogen-bond donors (Lipinski definition) is 0. The summed E-state index contributed by atoms with van der Waals surface area (Å²) < 4.78 is 78.8. The van der Waals surface area contributed by atoms with Gasteiger partial charge in [-0.15, -0.1) is 0 Å². The monoisotopic (exact) mass is 312 g/mol. The first-order chi connectivity index (χ1) is 9.73. The van der Waals surface area contributed by atoms with Gasteiger partial charge in [-0.25, -0.2) is 26.3 Å². The molecule has 1 rings (SSSR count). The highest BCUT2D eigenvalue weighted by Gasteiger charge is 2.35. The zero-order valence-corrected chi connectivity index (χ0v) is 10.8. The fourth-order valence-corrected chi connectivity index (χ4v) is 1.57. The van der Waals surface area contributed by atoms with E-state index in [9.17, 15) is 35.9 Å². The van der Waals surface area contributed by atoms with Crippen LogP contribution in [0.1, 0.15) is 36.5 Å². The molecule has 8 heteroatoms. The van der Waals surface area contributed by atoms with Gasteiger partial charge in [-0.1, -0.05) is 13.3 Å². The van der Waals surface area contributed by atoms with Crippen molar-refractivity contribution < 1.29 is 35.9 Å². The summed E-state index contributed by atoms with van der Waals surface area (Å²) >= 11 is 0. The van der Waals surface area contributed by atoms with Crippen LogP contribution in [0.25, 0.3) is 0 Å². The third kappa shape index (κ3) is 3.25. The first-order valence-corrected chi connectivity index (χ1v) is 5.96. The van der Waals surface area contributed by atoms with Gasteiger partial charge in [0, 0.05) is 6.42 Å². The first kappa shape index (κ1) is 17.2. The van der Waals surface area contributed by atoms with E-state index in [1.165, 1.54) is 0 Å². The Balaban J connectivity index is 3.22. The molecule has 0 saturated heterocycles. The molecule has 1 unspecified atom stereocenters. The van der Waals surface area contributed by atoms with Gasteiger partial charge in [0.15, 0.2) is 29.1 Å². The second-order valence-corrected chi connectivity index (χ2v) is 4.24. The topological polar surface area (TPSA) is 34.1 Å².